The number of hydrogen-bond donors (Lipinski definition) is 1. The van der Waals surface area contributed by atoms with E-state index in [0.29, 0.717) is 22.2 Å². The monoisotopic (exact) mass is 459 g/mol. The number of pyridine rings is 1. The number of likely N-dealkylation sites (tertiary alicyclic amines) is 1. The predicted molar refractivity (Wildman–Crippen MR) is 120 cm³/mol. The fourth-order valence-electron chi connectivity index (χ4n) is 5.00. The SMILES string of the molecule is CC1(C)CCN(CC(=O)N[C@@H]2CC(C(F)(F)F)CN(c3ccc(C#N)c4ncccc34)C2)C1. The molecule has 2 saturated heterocycles. The second-order valence-corrected chi connectivity index (χ2v) is 9.91. The number of nitriles is 1. The lowest BCUT2D eigenvalue weighted by atomic mass is 9.92. The molecule has 1 aromatic heterocycles. The second-order valence-electron chi connectivity index (χ2n) is 9.91. The van der Waals surface area contributed by atoms with Crippen molar-refractivity contribution >= 4 is 22.5 Å². The number of hydrogen-bond acceptors (Lipinski definition) is 5. The van der Waals surface area contributed by atoms with Crippen LogP contribution >= 0.6 is 0 Å². The van der Waals surface area contributed by atoms with Crippen molar-refractivity contribution in [3.8, 4) is 6.07 Å². The predicted octanol–water partition coefficient (Wildman–Crippen LogP) is 3.71. The van der Waals surface area contributed by atoms with Crippen molar-refractivity contribution in [1.29, 1.82) is 5.26 Å². The summed E-state index contributed by atoms with van der Waals surface area (Å²) in [4.78, 5) is 20.7. The molecule has 1 amide bonds. The van der Waals surface area contributed by atoms with Gasteiger partial charge in [0.05, 0.1) is 23.5 Å². The van der Waals surface area contributed by atoms with Crippen LogP contribution in [0, 0.1) is 22.7 Å². The van der Waals surface area contributed by atoms with Crippen LogP contribution in [-0.4, -0.2) is 60.7 Å². The molecule has 2 aromatic rings. The molecule has 0 radical (unpaired) electrons. The quantitative estimate of drug-likeness (QED) is 0.755. The fourth-order valence-corrected chi connectivity index (χ4v) is 5.00. The van der Waals surface area contributed by atoms with E-state index >= 15 is 0 Å². The average Bonchev–Trinajstić information content (AvgIpc) is 3.09. The largest absolute Gasteiger partial charge is 0.393 e. The van der Waals surface area contributed by atoms with E-state index in [1.165, 1.54) is 0 Å². The zero-order valence-electron chi connectivity index (χ0n) is 18.8. The van der Waals surface area contributed by atoms with Gasteiger partial charge in [-0.3, -0.25) is 14.7 Å². The standard InChI is InChI=1S/C24H28F3N5O/c1-23(2)7-9-31(15-23)14-21(33)30-18-10-17(24(25,26)27)12-32(13-18)20-6-5-16(11-28)22-19(20)4-3-8-29-22/h3-6,8,17-18H,7,9-10,12-15H2,1-2H3,(H,30,33)/t17?,18-/m1/s1. The normalized spacial score (nSPS) is 23.5. The average molecular weight is 460 g/mol. The van der Waals surface area contributed by atoms with Crippen LogP contribution in [0.15, 0.2) is 30.5 Å². The Kier molecular flexibility index (Phi) is 6.23. The number of anilines is 1. The van der Waals surface area contributed by atoms with E-state index in [1.807, 2.05) is 0 Å². The first kappa shape index (κ1) is 23.3. The number of nitrogens with zero attached hydrogens (tertiary/aromatic N) is 4. The third kappa shape index (κ3) is 5.22. The van der Waals surface area contributed by atoms with Crippen LogP contribution in [0.3, 0.4) is 0 Å². The van der Waals surface area contributed by atoms with Gasteiger partial charge in [0.2, 0.25) is 5.91 Å². The van der Waals surface area contributed by atoms with Crippen molar-refractivity contribution < 1.29 is 18.0 Å². The van der Waals surface area contributed by atoms with Gasteiger partial charge in [-0.05, 0) is 49.1 Å². The summed E-state index contributed by atoms with van der Waals surface area (Å²) in [6.45, 7) is 6.16. The maximum absolute atomic E-state index is 13.8. The van der Waals surface area contributed by atoms with Crippen molar-refractivity contribution in [1.82, 2.24) is 15.2 Å². The highest BCUT2D eigenvalue weighted by atomic mass is 19.4. The van der Waals surface area contributed by atoms with Crippen LogP contribution < -0.4 is 10.2 Å². The summed E-state index contributed by atoms with van der Waals surface area (Å²) >= 11 is 0. The molecule has 2 aliphatic rings. The number of aromatic nitrogens is 1. The summed E-state index contributed by atoms with van der Waals surface area (Å²) in [7, 11) is 0. The number of fused-ring (bicyclic) bond motifs is 1. The molecule has 2 atom stereocenters. The van der Waals surface area contributed by atoms with E-state index in [-0.39, 0.29) is 37.4 Å². The maximum atomic E-state index is 13.8. The Morgan fingerprint density at radius 3 is 2.76 bits per heavy atom. The molecule has 1 unspecified atom stereocenters. The van der Waals surface area contributed by atoms with Crippen LogP contribution in [0.1, 0.15) is 32.3 Å². The van der Waals surface area contributed by atoms with Gasteiger partial charge in [-0.15, -0.1) is 0 Å². The Labute approximate surface area is 191 Å². The van der Waals surface area contributed by atoms with Gasteiger partial charge in [-0.1, -0.05) is 13.8 Å². The van der Waals surface area contributed by atoms with Crippen LogP contribution in [0.25, 0.3) is 10.9 Å². The van der Waals surface area contributed by atoms with Gasteiger partial charge in [0.1, 0.15) is 6.07 Å². The Bertz CT molecular complexity index is 1080. The molecule has 0 spiro atoms. The van der Waals surface area contributed by atoms with E-state index in [9.17, 15) is 23.2 Å². The topological polar surface area (TPSA) is 72.3 Å². The first-order valence-electron chi connectivity index (χ1n) is 11.2. The molecule has 3 heterocycles. The highest BCUT2D eigenvalue weighted by molar-refractivity contribution is 5.95. The van der Waals surface area contributed by atoms with Gasteiger partial charge >= 0.3 is 6.18 Å². The van der Waals surface area contributed by atoms with Crippen LogP contribution in [0.5, 0.6) is 0 Å². The fraction of sp³-hybridized carbons (Fsp3) is 0.542. The number of carbonyl (C=O) groups is 1. The van der Waals surface area contributed by atoms with E-state index in [2.05, 4.69) is 35.1 Å². The molecule has 1 aromatic carbocycles. The van der Waals surface area contributed by atoms with Crippen molar-refractivity contribution in [3.05, 3.63) is 36.0 Å². The molecule has 2 fully saturated rings. The van der Waals surface area contributed by atoms with E-state index in [0.717, 1.165) is 19.5 Å². The van der Waals surface area contributed by atoms with Crippen molar-refractivity contribution in [2.24, 2.45) is 11.3 Å². The Balaban J connectivity index is 1.55. The third-order valence-electron chi connectivity index (χ3n) is 6.61. The summed E-state index contributed by atoms with van der Waals surface area (Å²) in [5, 5.41) is 12.9. The van der Waals surface area contributed by atoms with Gasteiger partial charge in [0.15, 0.2) is 0 Å². The molecular formula is C24H28F3N5O. The summed E-state index contributed by atoms with van der Waals surface area (Å²) in [5.74, 6) is -1.81. The maximum Gasteiger partial charge on any atom is 0.393 e. The number of benzene rings is 1. The number of nitrogens with one attached hydrogen (secondary N) is 1. The molecule has 9 heteroatoms. The van der Waals surface area contributed by atoms with Gasteiger partial charge < -0.3 is 10.2 Å². The van der Waals surface area contributed by atoms with Crippen LogP contribution in [-0.2, 0) is 4.79 Å². The minimum atomic E-state index is -4.37. The zero-order chi connectivity index (χ0) is 23.8. The number of amides is 1. The summed E-state index contributed by atoms with van der Waals surface area (Å²) in [6.07, 6.45) is -1.97. The number of rotatable bonds is 4. The molecule has 6 nitrogen and oxygen atoms in total. The van der Waals surface area contributed by atoms with Gasteiger partial charge in [0.25, 0.3) is 0 Å². The summed E-state index contributed by atoms with van der Waals surface area (Å²) in [5.41, 5.74) is 1.57. The van der Waals surface area contributed by atoms with E-state index < -0.39 is 18.1 Å². The summed E-state index contributed by atoms with van der Waals surface area (Å²) < 4.78 is 41.4. The van der Waals surface area contributed by atoms with Crippen molar-refractivity contribution in [3.63, 3.8) is 0 Å². The van der Waals surface area contributed by atoms with Crippen molar-refractivity contribution in [2.45, 2.75) is 38.9 Å². The van der Waals surface area contributed by atoms with Gasteiger partial charge in [0, 0.05) is 42.9 Å². The molecule has 33 heavy (non-hydrogen) atoms. The number of halogens is 3. The molecule has 0 aliphatic carbocycles. The number of alkyl halides is 3. The molecule has 0 bridgehead atoms. The molecule has 4 rings (SSSR count). The second kappa shape index (κ2) is 8.82. The molecule has 0 saturated carbocycles. The molecular weight excluding hydrogens is 431 g/mol. The number of carbonyl (C=O) groups excluding carboxylic acids is 1. The lowest BCUT2D eigenvalue weighted by Gasteiger charge is -2.40. The van der Waals surface area contributed by atoms with Crippen molar-refractivity contribution in [2.75, 3.05) is 37.6 Å². The number of piperidine rings is 1. The van der Waals surface area contributed by atoms with Gasteiger partial charge in [-0.25, -0.2) is 0 Å². The summed E-state index contributed by atoms with van der Waals surface area (Å²) in [6, 6.07) is 8.18. The first-order chi connectivity index (χ1) is 15.6. The highest BCUT2D eigenvalue weighted by Gasteiger charge is 2.45. The Morgan fingerprint density at radius 2 is 2.09 bits per heavy atom. The minimum Gasteiger partial charge on any atom is -0.368 e. The lowest BCUT2D eigenvalue weighted by molar-refractivity contribution is -0.178. The lowest BCUT2D eigenvalue weighted by Crippen LogP contribution is -2.55. The molecule has 1 N–H and O–H groups in total. The molecule has 2 aliphatic heterocycles. The van der Waals surface area contributed by atoms with E-state index in [4.69, 9.17) is 0 Å². The van der Waals surface area contributed by atoms with Gasteiger partial charge in [-0.2, -0.15) is 18.4 Å². The van der Waals surface area contributed by atoms with E-state index in [1.54, 1.807) is 35.4 Å². The Hall–Kier alpha value is -2.86. The smallest absolute Gasteiger partial charge is 0.368 e. The first-order valence-corrected chi connectivity index (χ1v) is 11.2. The highest BCUT2D eigenvalue weighted by Crippen LogP contribution is 2.37. The minimum absolute atomic E-state index is 0.147. The molecule has 176 valence electrons. The zero-order valence-corrected chi connectivity index (χ0v) is 18.8. The van der Waals surface area contributed by atoms with Crippen LogP contribution in [0.2, 0.25) is 0 Å². The third-order valence-corrected chi connectivity index (χ3v) is 6.61. The van der Waals surface area contributed by atoms with Crippen LogP contribution in [0.4, 0.5) is 18.9 Å². The Morgan fingerprint density at radius 1 is 1.30 bits per heavy atom.